The van der Waals surface area contributed by atoms with Crippen molar-refractivity contribution >= 4 is 0 Å². The molecule has 2 aliphatic rings. The molecule has 0 saturated carbocycles. The van der Waals surface area contributed by atoms with Crippen LogP contribution in [0.5, 0.6) is 11.5 Å². The van der Waals surface area contributed by atoms with Crippen molar-refractivity contribution in [2.45, 2.75) is 39.2 Å². The van der Waals surface area contributed by atoms with Gasteiger partial charge < -0.3 is 29.5 Å². The highest BCUT2D eigenvalue weighted by atomic mass is 16.5. The summed E-state index contributed by atoms with van der Waals surface area (Å²) in [5, 5.41) is 13.2. The first-order valence-electron chi connectivity index (χ1n) is 14.0. The van der Waals surface area contributed by atoms with Gasteiger partial charge in [-0.2, -0.15) is 0 Å². The van der Waals surface area contributed by atoms with Gasteiger partial charge in [0.2, 0.25) is 0 Å². The Hall–Kier alpha value is -2.16. The number of morpholine rings is 1. The lowest BCUT2D eigenvalue weighted by molar-refractivity contribution is 0.0384. The predicted molar refractivity (Wildman–Crippen MR) is 149 cm³/mol. The lowest BCUT2D eigenvalue weighted by Crippen LogP contribution is -2.40. The number of aliphatic hydroxyl groups excluding tert-OH is 1. The summed E-state index contributed by atoms with van der Waals surface area (Å²) in [6.45, 7) is 15.2. The van der Waals surface area contributed by atoms with E-state index in [9.17, 15) is 5.11 Å². The summed E-state index contributed by atoms with van der Waals surface area (Å²) >= 11 is 0. The fourth-order valence-electron chi connectivity index (χ4n) is 5.18. The Bertz CT molecular complexity index is 964. The molecule has 2 N–H and O–H groups in total. The molecule has 0 aliphatic carbocycles. The van der Waals surface area contributed by atoms with E-state index in [1.807, 2.05) is 0 Å². The standard InChI is InChI=1S/C30H45N3O4/c1-24-27(7-3-9-29(24)36-19-5-12-31-13-16-32-17-21-35-22-18-32)28-8-4-10-30(25(28)2)37-20-6-14-33-15-11-26(34)23-33/h3-4,7-10,26,31,34H,5-6,11-23H2,1-2H3. The molecule has 2 saturated heterocycles. The molecule has 0 spiro atoms. The van der Waals surface area contributed by atoms with E-state index in [0.717, 1.165) is 107 Å². The average Bonchev–Trinajstić information content (AvgIpc) is 3.33. The van der Waals surface area contributed by atoms with Crippen LogP contribution in [0, 0.1) is 13.8 Å². The lowest BCUT2D eigenvalue weighted by Gasteiger charge is -2.26. The van der Waals surface area contributed by atoms with Gasteiger partial charge in [-0.1, -0.05) is 24.3 Å². The molecule has 2 heterocycles. The molecule has 2 aliphatic heterocycles. The van der Waals surface area contributed by atoms with Gasteiger partial charge in [0, 0.05) is 45.8 Å². The Morgan fingerprint density at radius 3 is 2.11 bits per heavy atom. The summed E-state index contributed by atoms with van der Waals surface area (Å²) in [6.07, 6.45) is 2.66. The molecule has 204 valence electrons. The summed E-state index contributed by atoms with van der Waals surface area (Å²) in [4.78, 5) is 4.76. The van der Waals surface area contributed by atoms with Crippen LogP contribution >= 0.6 is 0 Å². The number of benzene rings is 2. The molecule has 0 bridgehead atoms. The number of hydrogen-bond acceptors (Lipinski definition) is 7. The van der Waals surface area contributed by atoms with Gasteiger partial charge in [-0.15, -0.1) is 0 Å². The average molecular weight is 512 g/mol. The fourth-order valence-corrected chi connectivity index (χ4v) is 5.18. The topological polar surface area (TPSA) is 66.4 Å². The molecule has 0 radical (unpaired) electrons. The first-order valence-corrected chi connectivity index (χ1v) is 14.0. The van der Waals surface area contributed by atoms with Crippen molar-refractivity contribution in [2.75, 3.05) is 78.8 Å². The molecular formula is C30H45N3O4. The van der Waals surface area contributed by atoms with Gasteiger partial charge >= 0.3 is 0 Å². The van der Waals surface area contributed by atoms with E-state index in [4.69, 9.17) is 14.2 Å². The molecule has 0 aromatic heterocycles. The minimum absolute atomic E-state index is 0.162. The Morgan fingerprint density at radius 2 is 1.49 bits per heavy atom. The van der Waals surface area contributed by atoms with E-state index in [0.29, 0.717) is 13.2 Å². The lowest BCUT2D eigenvalue weighted by atomic mass is 9.95. The number of rotatable bonds is 14. The quantitative estimate of drug-likeness (QED) is 0.377. The number of nitrogens with one attached hydrogen (secondary N) is 1. The van der Waals surface area contributed by atoms with Gasteiger partial charge in [0.05, 0.1) is 32.5 Å². The third kappa shape index (κ3) is 8.42. The Morgan fingerprint density at radius 1 is 0.838 bits per heavy atom. The SMILES string of the molecule is Cc1c(OCCCNCCN2CCOCC2)cccc1-c1cccc(OCCCN2CCC(O)C2)c1C. The maximum Gasteiger partial charge on any atom is 0.122 e. The van der Waals surface area contributed by atoms with Crippen LogP contribution in [0.15, 0.2) is 36.4 Å². The first kappa shape index (κ1) is 27.9. The zero-order valence-corrected chi connectivity index (χ0v) is 22.7. The number of aliphatic hydroxyl groups is 1. The summed E-state index contributed by atoms with van der Waals surface area (Å²) < 4.78 is 17.8. The summed E-state index contributed by atoms with van der Waals surface area (Å²) in [6, 6.07) is 12.6. The van der Waals surface area contributed by atoms with Gasteiger partial charge in [0.1, 0.15) is 11.5 Å². The second-order valence-corrected chi connectivity index (χ2v) is 10.2. The molecule has 37 heavy (non-hydrogen) atoms. The summed E-state index contributed by atoms with van der Waals surface area (Å²) in [7, 11) is 0. The van der Waals surface area contributed by atoms with Crippen LogP contribution in [0.3, 0.4) is 0 Å². The van der Waals surface area contributed by atoms with Crippen molar-refractivity contribution in [1.82, 2.24) is 15.1 Å². The fraction of sp³-hybridized carbons (Fsp3) is 0.600. The molecule has 1 unspecified atom stereocenters. The smallest absolute Gasteiger partial charge is 0.122 e. The maximum atomic E-state index is 9.69. The van der Waals surface area contributed by atoms with Crippen LogP contribution in [0.2, 0.25) is 0 Å². The van der Waals surface area contributed by atoms with Crippen LogP contribution in [0.1, 0.15) is 30.4 Å². The summed E-state index contributed by atoms with van der Waals surface area (Å²) in [5.41, 5.74) is 4.70. The van der Waals surface area contributed by atoms with Crippen molar-refractivity contribution in [3.8, 4) is 22.6 Å². The van der Waals surface area contributed by atoms with Gasteiger partial charge in [0.25, 0.3) is 0 Å². The third-order valence-electron chi connectivity index (χ3n) is 7.45. The van der Waals surface area contributed by atoms with Gasteiger partial charge in [-0.25, -0.2) is 0 Å². The minimum Gasteiger partial charge on any atom is -0.493 e. The van der Waals surface area contributed by atoms with Gasteiger partial charge in [-0.05, 0) is 74.0 Å². The van der Waals surface area contributed by atoms with Crippen LogP contribution in [0.4, 0.5) is 0 Å². The highest BCUT2D eigenvalue weighted by Crippen LogP contribution is 2.35. The van der Waals surface area contributed by atoms with Crippen LogP contribution in [0.25, 0.3) is 11.1 Å². The van der Waals surface area contributed by atoms with E-state index >= 15 is 0 Å². The number of β-amino-alcohol motifs (C(OH)–C–C–N with tert-alkyl or cyclic N) is 1. The van der Waals surface area contributed by atoms with Crippen LogP contribution in [-0.4, -0.2) is 99.8 Å². The number of nitrogens with zero attached hydrogens (tertiary/aromatic N) is 2. The predicted octanol–water partition coefficient (Wildman–Crippen LogP) is 3.50. The van der Waals surface area contributed by atoms with Crippen LogP contribution < -0.4 is 14.8 Å². The minimum atomic E-state index is -0.162. The van der Waals surface area contributed by atoms with Crippen molar-refractivity contribution in [3.63, 3.8) is 0 Å². The molecule has 0 amide bonds. The molecular weight excluding hydrogens is 466 g/mol. The number of likely N-dealkylation sites (tertiary alicyclic amines) is 1. The second-order valence-electron chi connectivity index (χ2n) is 10.2. The zero-order valence-electron chi connectivity index (χ0n) is 22.7. The molecule has 7 nitrogen and oxygen atoms in total. The second kappa shape index (κ2) is 14.7. The molecule has 2 fully saturated rings. The Balaban J connectivity index is 1.22. The molecule has 2 aromatic rings. The van der Waals surface area contributed by atoms with Crippen molar-refractivity contribution in [1.29, 1.82) is 0 Å². The van der Waals surface area contributed by atoms with Crippen molar-refractivity contribution in [2.24, 2.45) is 0 Å². The van der Waals surface area contributed by atoms with Crippen molar-refractivity contribution in [3.05, 3.63) is 47.5 Å². The Labute approximate surface area is 222 Å². The number of hydrogen-bond donors (Lipinski definition) is 2. The summed E-state index contributed by atoms with van der Waals surface area (Å²) in [5.74, 6) is 1.89. The monoisotopic (exact) mass is 511 g/mol. The zero-order chi connectivity index (χ0) is 25.9. The van der Waals surface area contributed by atoms with E-state index in [1.165, 1.54) is 11.1 Å². The van der Waals surface area contributed by atoms with Gasteiger partial charge in [0.15, 0.2) is 0 Å². The van der Waals surface area contributed by atoms with Crippen molar-refractivity contribution < 1.29 is 19.3 Å². The highest BCUT2D eigenvalue weighted by Gasteiger charge is 2.19. The third-order valence-corrected chi connectivity index (χ3v) is 7.45. The first-order chi connectivity index (χ1) is 18.1. The molecule has 2 aromatic carbocycles. The maximum absolute atomic E-state index is 9.69. The largest absolute Gasteiger partial charge is 0.493 e. The van der Waals surface area contributed by atoms with E-state index in [-0.39, 0.29) is 6.10 Å². The molecule has 7 heteroatoms. The Kier molecular flexibility index (Phi) is 11.1. The molecule has 1 atom stereocenters. The van der Waals surface area contributed by atoms with E-state index in [2.05, 4.69) is 65.4 Å². The number of ether oxygens (including phenoxy) is 3. The van der Waals surface area contributed by atoms with Crippen LogP contribution in [-0.2, 0) is 4.74 Å². The highest BCUT2D eigenvalue weighted by molar-refractivity contribution is 5.74. The van der Waals surface area contributed by atoms with Gasteiger partial charge in [-0.3, -0.25) is 4.90 Å². The normalized spacial score (nSPS) is 18.8. The molecule has 4 rings (SSSR count). The van der Waals surface area contributed by atoms with E-state index < -0.39 is 0 Å². The van der Waals surface area contributed by atoms with E-state index in [1.54, 1.807) is 0 Å².